The van der Waals surface area contributed by atoms with Gasteiger partial charge in [-0.1, -0.05) is 30.3 Å². The minimum Gasteiger partial charge on any atom is -0.496 e. The van der Waals surface area contributed by atoms with Crippen molar-refractivity contribution in [2.45, 2.75) is 12.8 Å². The quantitative estimate of drug-likeness (QED) is 0.624. The van der Waals surface area contributed by atoms with Gasteiger partial charge in [0.15, 0.2) is 0 Å². The molecule has 0 atom stereocenters. The fourth-order valence-corrected chi connectivity index (χ4v) is 1.94. The van der Waals surface area contributed by atoms with Gasteiger partial charge in [0.2, 0.25) is 0 Å². The molecule has 21 heavy (non-hydrogen) atoms. The summed E-state index contributed by atoms with van der Waals surface area (Å²) in [6.45, 7) is 0. The lowest BCUT2D eigenvalue weighted by Crippen LogP contribution is -2.11. The largest absolute Gasteiger partial charge is 0.496 e. The molecule has 0 heterocycles. The third kappa shape index (κ3) is 4.08. The molecular formula is C17H15NO3. The van der Waals surface area contributed by atoms with E-state index in [0.29, 0.717) is 17.9 Å². The maximum atomic E-state index is 11.9. The van der Waals surface area contributed by atoms with Crippen molar-refractivity contribution in [2.24, 2.45) is 0 Å². The summed E-state index contributed by atoms with van der Waals surface area (Å²) >= 11 is 0. The molecule has 2 rings (SSSR count). The van der Waals surface area contributed by atoms with Crippen molar-refractivity contribution < 1.29 is 14.3 Å². The van der Waals surface area contributed by atoms with E-state index in [1.807, 2.05) is 18.2 Å². The second-order valence-electron chi connectivity index (χ2n) is 4.44. The van der Waals surface area contributed by atoms with Crippen LogP contribution in [0.2, 0.25) is 0 Å². The highest BCUT2D eigenvalue weighted by atomic mass is 16.5. The predicted octanol–water partition coefficient (Wildman–Crippen LogP) is 2.91. The lowest BCUT2D eigenvalue weighted by atomic mass is 10.1. The average molecular weight is 281 g/mol. The molecule has 2 aromatic rings. The van der Waals surface area contributed by atoms with Gasteiger partial charge in [-0.15, -0.1) is 0 Å². The topological polar surface area (TPSA) is 59.3 Å². The highest BCUT2D eigenvalue weighted by Gasteiger charge is 2.10. The van der Waals surface area contributed by atoms with Crippen LogP contribution in [0.5, 0.6) is 11.5 Å². The van der Waals surface area contributed by atoms with Crippen LogP contribution in [0, 0.1) is 11.3 Å². The molecule has 0 bridgehead atoms. The van der Waals surface area contributed by atoms with Gasteiger partial charge in [-0.05, 0) is 23.8 Å². The number of hydrogen-bond donors (Lipinski definition) is 0. The van der Waals surface area contributed by atoms with Gasteiger partial charge in [0.05, 0.1) is 26.0 Å². The van der Waals surface area contributed by atoms with Gasteiger partial charge in [0.1, 0.15) is 11.5 Å². The lowest BCUT2D eigenvalue weighted by Gasteiger charge is -2.08. The highest BCUT2D eigenvalue weighted by Crippen LogP contribution is 2.19. The molecule has 0 unspecified atom stereocenters. The van der Waals surface area contributed by atoms with Gasteiger partial charge in [-0.25, -0.2) is 0 Å². The number of rotatable bonds is 5. The Morgan fingerprint density at radius 1 is 1.14 bits per heavy atom. The first kappa shape index (κ1) is 14.6. The van der Waals surface area contributed by atoms with Crippen LogP contribution in [0.4, 0.5) is 0 Å². The Morgan fingerprint density at radius 3 is 2.52 bits per heavy atom. The molecular weight excluding hydrogens is 266 g/mol. The zero-order valence-corrected chi connectivity index (χ0v) is 11.7. The van der Waals surface area contributed by atoms with Crippen LogP contribution in [-0.4, -0.2) is 13.1 Å². The van der Waals surface area contributed by atoms with Crippen molar-refractivity contribution in [3.05, 3.63) is 59.7 Å². The number of carbonyl (C=O) groups is 1. The SMILES string of the molecule is COc1ccccc1CC(=O)Oc1ccc(CC#N)cc1. The monoisotopic (exact) mass is 281 g/mol. The van der Waals surface area contributed by atoms with E-state index < -0.39 is 0 Å². The number of para-hydroxylation sites is 1. The molecule has 0 aliphatic rings. The molecule has 4 heteroatoms. The van der Waals surface area contributed by atoms with Gasteiger partial charge < -0.3 is 9.47 Å². The Morgan fingerprint density at radius 2 is 1.86 bits per heavy atom. The van der Waals surface area contributed by atoms with Gasteiger partial charge in [-0.3, -0.25) is 4.79 Å². The molecule has 2 aromatic carbocycles. The summed E-state index contributed by atoms with van der Waals surface area (Å²) in [4.78, 5) is 11.9. The summed E-state index contributed by atoms with van der Waals surface area (Å²) in [5, 5.41) is 8.60. The van der Waals surface area contributed by atoms with Crippen molar-refractivity contribution in [1.82, 2.24) is 0 Å². The number of ether oxygens (including phenoxy) is 2. The Hall–Kier alpha value is -2.80. The maximum absolute atomic E-state index is 11.9. The molecule has 0 saturated heterocycles. The summed E-state index contributed by atoms with van der Waals surface area (Å²) in [6.07, 6.45) is 0.486. The molecule has 0 aromatic heterocycles. The number of nitrogens with zero attached hydrogens (tertiary/aromatic N) is 1. The number of hydrogen-bond acceptors (Lipinski definition) is 4. The molecule has 4 nitrogen and oxygen atoms in total. The number of methoxy groups -OCH3 is 1. The van der Waals surface area contributed by atoms with E-state index in [0.717, 1.165) is 11.1 Å². The zero-order valence-electron chi connectivity index (χ0n) is 11.7. The first-order valence-electron chi connectivity index (χ1n) is 6.51. The van der Waals surface area contributed by atoms with E-state index in [-0.39, 0.29) is 12.4 Å². The summed E-state index contributed by atoms with van der Waals surface area (Å²) in [6, 6.07) is 16.3. The number of esters is 1. The van der Waals surface area contributed by atoms with Crippen molar-refractivity contribution in [3.8, 4) is 17.6 Å². The minimum absolute atomic E-state index is 0.143. The number of benzene rings is 2. The van der Waals surface area contributed by atoms with Crippen molar-refractivity contribution >= 4 is 5.97 Å². The van der Waals surface area contributed by atoms with Crippen LogP contribution in [0.3, 0.4) is 0 Å². The Labute approximate surface area is 123 Å². The Balaban J connectivity index is 2.00. The van der Waals surface area contributed by atoms with Crippen LogP contribution in [0.1, 0.15) is 11.1 Å². The van der Waals surface area contributed by atoms with Crippen molar-refractivity contribution in [2.75, 3.05) is 7.11 Å². The van der Waals surface area contributed by atoms with E-state index in [1.54, 1.807) is 37.4 Å². The molecule has 0 radical (unpaired) electrons. The normalized spacial score (nSPS) is 9.71. The molecule has 106 valence electrons. The van der Waals surface area contributed by atoms with Crippen molar-refractivity contribution in [3.63, 3.8) is 0 Å². The fraction of sp³-hybridized carbons (Fsp3) is 0.176. The second-order valence-corrected chi connectivity index (χ2v) is 4.44. The van der Waals surface area contributed by atoms with E-state index >= 15 is 0 Å². The lowest BCUT2D eigenvalue weighted by molar-refractivity contribution is -0.133. The van der Waals surface area contributed by atoms with Crippen LogP contribution in [-0.2, 0) is 17.6 Å². The third-order valence-corrected chi connectivity index (χ3v) is 2.97. The first-order chi connectivity index (χ1) is 10.2. The minimum atomic E-state index is -0.354. The zero-order chi connectivity index (χ0) is 15.1. The van der Waals surface area contributed by atoms with Crippen LogP contribution < -0.4 is 9.47 Å². The van der Waals surface area contributed by atoms with Crippen LogP contribution in [0.25, 0.3) is 0 Å². The number of nitriles is 1. The van der Waals surface area contributed by atoms with E-state index in [2.05, 4.69) is 6.07 Å². The number of carbonyl (C=O) groups excluding carboxylic acids is 1. The van der Waals surface area contributed by atoms with Crippen LogP contribution in [0.15, 0.2) is 48.5 Å². The Kier molecular flexibility index (Phi) is 4.94. The molecule has 0 saturated carbocycles. The van der Waals surface area contributed by atoms with Gasteiger partial charge in [-0.2, -0.15) is 5.26 Å². The van der Waals surface area contributed by atoms with Gasteiger partial charge >= 0.3 is 5.97 Å². The maximum Gasteiger partial charge on any atom is 0.315 e. The summed E-state index contributed by atoms with van der Waals surface area (Å²) in [5.41, 5.74) is 1.67. The predicted molar refractivity (Wildman–Crippen MR) is 78.1 cm³/mol. The second kappa shape index (κ2) is 7.11. The molecule has 0 fully saturated rings. The molecule has 0 aliphatic heterocycles. The summed E-state index contributed by atoms with van der Waals surface area (Å²) in [5.74, 6) is 0.780. The van der Waals surface area contributed by atoms with E-state index in [1.165, 1.54) is 0 Å². The van der Waals surface area contributed by atoms with Crippen LogP contribution >= 0.6 is 0 Å². The summed E-state index contributed by atoms with van der Waals surface area (Å²) in [7, 11) is 1.57. The third-order valence-electron chi connectivity index (χ3n) is 2.97. The standard InChI is InChI=1S/C17H15NO3/c1-20-16-5-3-2-4-14(16)12-17(19)21-15-8-6-13(7-9-15)10-11-18/h2-9H,10,12H2,1H3. The molecule has 0 N–H and O–H groups in total. The average Bonchev–Trinajstić information content (AvgIpc) is 2.50. The highest BCUT2D eigenvalue weighted by molar-refractivity contribution is 5.76. The molecule has 0 spiro atoms. The van der Waals surface area contributed by atoms with Crippen molar-refractivity contribution in [1.29, 1.82) is 5.26 Å². The van der Waals surface area contributed by atoms with Gasteiger partial charge in [0.25, 0.3) is 0 Å². The van der Waals surface area contributed by atoms with E-state index in [4.69, 9.17) is 14.7 Å². The van der Waals surface area contributed by atoms with E-state index in [9.17, 15) is 4.79 Å². The molecule has 0 aliphatic carbocycles. The first-order valence-corrected chi connectivity index (χ1v) is 6.51. The van der Waals surface area contributed by atoms with Gasteiger partial charge in [0, 0.05) is 5.56 Å². The summed E-state index contributed by atoms with van der Waals surface area (Å²) < 4.78 is 10.5. The Bertz CT molecular complexity index is 656. The molecule has 0 amide bonds. The smallest absolute Gasteiger partial charge is 0.315 e. The fourth-order valence-electron chi connectivity index (χ4n) is 1.94.